The van der Waals surface area contributed by atoms with Gasteiger partial charge in [-0.05, 0) is 142 Å². The molecule has 7 aromatic carbocycles. The second kappa shape index (κ2) is 11.3. The molecule has 12 rings (SSSR count). The maximum Gasteiger partial charge on any atom is 0.0540 e. The van der Waals surface area contributed by atoms with Crippen molar-refractivity contribution < 1.29 is 0 Å². The zero-order valence-corrected chi connectivity index (χ0v) is 28.9. The molecule has 0 heterocycles. The fourth-order valence-corrected chi connectivity index (χ4v) is 11.5. The van der Waals surface area contributed by atoms with Gasteiger partial charge < -0.3 is 4.90 Å². The molecule has 1 heteroatoms. The van der Waals surface area contributed by atoms with E-state index >= 15 is 0 Å². The lowest BCUT2D eigenvalue weighted by Gasteiger charge is -2.61. The van der Waals surface area contributed by atoms with Crippen molar-refractivity contribution in [3.05, 3.63) is 175 Å². The van der Waals surface area contributed by atoms with Gasteiger partial charge in [0.15, 0.2) is 0 Å². The van der Waals surface area contributed by atoms with E-state index in [0.29, 0.717) is 0 Å². The van der Waals surface area contributed by atoms with Crippen LogP contribution in [0.4, 0.5) is 17.1 Å². The zero-order valence-electron chi connectivity index (χ0n) is 28.9. The van der Waals surface area contributed by atoms with E-state index in [9.17, 15) is 0 Å². The summed E-state index contributed by atoms with van der Waals surface area (Å²) in [6.45, 7) is 0. The van der Waals surface area contributed by atoms with Gasteiger partial charge >= 0.3 is 0 Å². The first-order valence-electron chi connectivity index (χ1n) is 19.0. The van der Waals surface area contributed by atoms with Gasteiger partial charge in [0.05, 0.1) is 5.69 Å². The van der Waals surface area contributed by atoms with Crippen molar-refractivity contribution >= 4 is 27.8 Å². The number of rotatable bonds is 5. The summed E-state index contributed by atoms with van der Waals surface area (Å²) in [6.07, 6.45) is 7.18. The first kappa shape index (κ1) is 29.3. The second-order valence-electron chi connectivity index (χ2n) is 15.7. The number of nitrogens with zero attached hydrogens (tertiary/aromatic N) is 1. The minimum Gasteiger partial charge on any atom is -0.310 e. The van der Waals surface area contributed by atoms with E-state index in [0.717, 1.165) is 35.0 Å². The number of para-hydroxylation sites is 1. The Morgan fingerprint density at radius 3 is 1.73 bits per heavy atom. The van der Waals surface area contributed by atoms with E-state index in [-0.39, 0.29) is 5.41 Å². The van der Waals surface area contributed by atoms with Crippen LogP contribution in [0, 0.1) is 23.7 Å². The Bertz CT molecular complexity index is 2400. The van der Waals surface area contributed by atoms with Crippen LogP contribution >= 0.6 is 0 Å². The number of anilines is 3. The Balaban J connectivity index is 1.00. The van der Waals surface area contributed by atoms with Crippen molar-refractivity contribution in [3.63, 3.8) is 0 Å². The van der Waals surface area contributed by atoms with Gasteiger partial charge in [0, 0.05) is 22.2 Å². The summed E-state index contributed by atoms with van der Waals surface area (Å²) in [6, 6.07) is 61.2. The molecule has 0 amide bonds. The summed E-state index contributed by atoms with van der Waals surface area (Å²) < 4.78 is 0. The molecule has 0 unspecified atom stereocenters. The highest BCUT2D eigenvalue weighted by molar-refractivity contribution is 6.06. The predicted molar refractivity (Wildman–Crippen MR) is 213 cm³/mol. The number of hydrogen-bond donors (Lipinski definition) is 0. The molecule has 5 aliphatic carbocycles. The van der Waals surface area contributed by atoms with Crippen LogP contribution in [-0.2, 0) is 5.41 Å². The molecule has 0 saturated heterocycles. The lowest BCUT2D eigenvalue weighted by atomic mass is 9.43. The van der Waals surface area contributed by atoms with Crippen molar-refractivity contribution in [1.29, 1.82) is 0 Å². The van der Waals surface area contributed by atoms with Crippen molar-refractivity contribution in [2.24, 2.45) is 23.7 Å². The quantitative estimate of drug-likeness (QED) is 0.178. The molecule has 4 fully saturated rings. The largest absolute Gasteiger partial charge is 0.310 e. The van der Waals surface area contributed by atoms with Gasteiger partial charge in [-0.2, -0.15) is 0 Å². The molecule has 4 bridgehead atoms. The molecule has 5 aliphatic rings. The Hall–Kier alpha value is -5.40. The molecular weight excluding hydrogens is 615 g/mol. The summed E-state index contributed by atoms with van der Waals surface area (Å²) in [4.78, 5) is 2.41. The molecule has 51 heavy (non-hydrogen) atoms. The van der Waals surface area contributed by atoms with Crippen molar-refractivity contribution in [3.8, 4) is 33.4 Å². The van der Waals surface area contributed by atoms with Crippen LogP contribution in [0.5, 0.6) is 0 Å². The van der Waals surface area contributed by atoms with Crippen LogP contribution in [-0.4, -0.2) is 0 Å². The van der Waals surface area contributed by atoms with Gasteiger partial charge in [-0.1, -0.05) is 127 Å². The molecule has 0 N–H and O–H groups in total. The standard InChI is InChI=1S/C50H41N/c1-3-11-36(12-4-1)42-24-26-49(45-17-8-7-15-43(42)45)51(40-13-5-2-6-14-40)41-22-19-35(20-23-41)37-21-25-48-46(32-37)44-16-9-10-18-47(44)50(48)38-28-33-27-34(30-38)31-39(50)29-33/h1-26,32-34,38-39H,27-31H2. The summed E-state index contributed by atoms with van der Waals surface area (Å²) in [7, 11) is 0. The third-order valence-corrected chi connectivity index (χ3v) is 13.3. The highest BCUT2D eigenvalue weighted by Gasteiger charge is 2.61. The highest BCUT2D eigenvalue weighted by Crippen LogP contribution is 2.69. The zero-order chi connectivity index (χ0) is 33.5. The number of hydrogen-bond acceptors (Lipinski definition) is 1. The van der Waals surface area contributed by atoms with E-state index < -0.39 is 0 Å². The van der Waals surface area contributed by atoms with Crippen molar-refractivity contribution in [2.45, 2.75) is 37.5 Å². The molecule has 4 saturated carbocycles. The molecule has 246 valence electrons. The summed E-state index contributed by atoms with van der Waals surface area (Å²) in [5.74, 6) is 3.51. The topological polar surface area (TPSA) is 3.24 Å². The van der Waals surface area contributed by atoms with Crippen molar-refractivity contribution in [2.75, 3.05) is 4.90 Å². The molecule has 1 nitrogen and oxygen atoms in total. The molecule has 0 aliphatic heterocycles. The van der Waals surface area contributed by atoms with Crippen molar-refractivity contribution in [1.82, 2.24) is 0 Å². The van der Waals surface area contributed by atoms with Crippen LogP contribution in [0.1, 0.15) is 43.2 Å². The van der Waals surface area contributed by atoms with E-state index in [1.165, 1.54) is 81.9 Å². The number of fused-ring (bicyclic) bond motifs is 4. The minimum absolute atomic E-state index is 0.219. The maximum atomic E-state index is 2.54. The fourth-order valence-electron chi connectivity index (χ4n) is 11.5. The summed E-state index contributed by atoms with van der Waals surface area (Å²) in [5.41, 5.74) is 15.0. The van der Waals surface area contributed by atoms with Gasteiger partial charge in [0.25, 0.3) is 0 Å². The van der Waals surface area contributed by atoms with Gasteiger partial charge in [-0.25, -0.2) is 0 Å². The molecular formula is C50H41N. The predicted octanol–water partition coefficient (Wildman–Crippen LogP) is 13.4. The van der Waals surface area contributed by atoms with E-state index in [1.807, 2.05) is 0 Å². The fraction of sp³-hybridized carbons (Fsp3) is 0.200. The summed E-state index contributed by atoms with van der Waals surface area (Å²) >= 11 is 0. The molecule has 0 radical (unpaired) electrons. The van der Waals surface area contributed by atoms with Gasteiger partial charge in [0.1, 0.15) is 0 Å². The lowest BCUT2D eigenvalue weighted by Crippen LogP contribution is -2.55. The van der Waals surface area contributed by atoms with Crippen LogP contribution in [0.2, 0.25) is 0 Å². The van der Waals surface area contributed by atoms with E-state index in [4.69, 9.17) is 0 Å². The van der Waals surface area contributed by atoms with Gasteiger partial charge in [0.2, 0.25) is 0 Å². The lowest BCUT2D eigenvalue weighted by molar-refractivity contribution is -0.0399. The third kappa shape index (κ3) is 4.34. The molecule has 0 atom stereocenters. The highest BCUT2D eigenvalue weighted by atomic mass is 15.1. The molecule has 1 spiro atoms. The Morgan fingerprint density at radius 2 is 0.980 bits per heavy atom. The first-order chi connectivity index (χ1) is 25.3. The minimum atomic E-state index is 0.219. The van der Waals surface area contributed by atoms with E-state index in [1.54, 1.807) is 11.1 Å². The Labute approximate surface area is 301 Å². The van der Waals surface area contributed by atoms with Gasteiger partial charge in [-0.15, -0.1) is 0 Å². The van der Waals surface area contributed by atoms with Crippen LogP contribution in [0.3, 0.4) is 0 Å². The van der Waals surface area contributed by atoms with E-state index in [2.05, 4.69) is 169 Å². The maximum absolute atomic E-state index is 2.54. The normalized spacial score (nSPS) is 23.8. The number of benzene rings is 7. The Kier molecular flexibility index (Phi) is 6.50. The average Bonchev–Trinajstić information content (AvgIpc) is 3.48. The van der Waals surface area contributed by atoms with Crippen LogP contribution in [0.25, 0.3) is 44.2 Å². The SMILES string of the molecule is c1ccc(-c2ccc(N(c3ccccc3)c3ccc(-c4ccc5c(c4)-c4ccccc4C54C5CC6CC(C5)CC4C6)cc3)c3ccccc23)cc1. The first-order valence-corrected chi connectivity index (χ1v) is 19.0. The molecule has 7 aromatic rings. The Morgan fingerprint density at radius 1 is 0.392 bits per heavy atom. The summed E-state index contributed by atoms with van der Waals surface area (Å²) in [5, 5.41) is 2.50. The molecule has 0 aromatic heterocycles. The smallest absolute Gasteiger partial charge is 0.0540 e. The second-order valence-corrected chi connectivity index (χ2v) is 15.7. The van der Waals surface area contributed by atoms with Crippen LogP contribution < -0.4 is 4.90 Å². The average molecular weight is 656 g/mol. The van der Waals surface area contributed by atoms with Crippen LogP contribution in [0.15, 0.2) is 164 Å². The monoisotopic (exact) mass is 655 g/mol. The van der Waals surface area contributed by atoms with Gasteiger partial charge in [-0.3, -0.25) is 0 Å². The third-order valence-electron chi connectivity index (χ3n) is 13.3.